The van der Waals surface area contributed by atoms with Crippen molar-refractivity contribution < 1.29 is 14.2 Å². The summed E-state index contributed by atoms with van der Waals surface area (Å²) < 4.78 is 16.6. The van der Waals surface area contributed by atoms with Crippen molar-refractivity contribution in [1.82, 2.24) is 19.9 Å². The van der Waals surface area contributed by atoms with E-state index >= 15 is 0 Å². The largest absolute Gasteiger partial charge is 0.496 e. The van der Waals surface area contributed by atoms with Gasteiger partial charge in [-0.1, -0.05) is 30.1 Å². The van der Waals surface area contributed by atoms with Gasteiger partial charge in [0.2, 0.25) is 0 Å². The molecule has 2 aromatic carbocycles. The molecule has 1 aliphatic rings. The normalized spacial score (nSPS) is 13.6. The van der Waals surface area contributed by atoms with Crippen molar-refractivity contribution in [3.8, 4) is 39.8 Å². The number of aromatic nitrogens is 3. The van der Waals surface area contributed by atoms with E-state index in [9.17, 15) is 0 Å². The molecule has 0 saturated carbocycles. The fraction of sp³-hybridized carbons (Fsp3) is 0.300. The predicted molar refractivity (Wildman–Crippen MR) is 169 cm³/mol. The Morgan fingerprint density at radius 3 is 2.10 bits per heavy atom. The van der Waals surface area contributed by atoms with Gasteiger partial charge in [-0.05, 0) is 30.8 Å². The van der Waals surface area contributed by atoms with Crippen molar-refractivity contribution in [2.24, 2.45) is 0 Å². The molecule has 0 atom stereocenters. The monoisotopic (exact) mass is 609 g/mol. The molecule has 4 aromatic rings. The van der Waals surface area contributed by atoms with Crippen molar-refractivity contribution in [1.29, 1.82) is 0 Å². The number of methoxy groups -OCH3 is 3. The maximum atomic E-state index is 6.62. The Hall–Kier alpha value is -3.99. The summed E-state index contributed by atoms with van der Waals surface area (Å²) in [5, 5.41) is 3.83. The molecule has 0 unspecified atom stereocenters. The van der Waals surface area contributed by atoms with Crippen LogP contribution < -0.4 is 30.2 Å². The molecule has 12 heteroatoms. The number of likely N-dealkylation sites (N-methyl/N-ethyl adjacent to an activating group) is 1. The molecule has 0 radical (unpaired) electrons. The van der Waals surface area contributed by atoms with Gasteiger partial charge in [0.1, 0.15) is 39.4 Å². The van der Waals surface area contributed by atoms with Gasteiger partial charge in [0, 0.05) is 55.6 Å². The molecule has 0 bridgehead atoms. The second kappa shape index (κ2) is 12.9. The summed E-state index contributed by atoms with van der Waals surface area (Å²) in [5.41, 5.74) is 11.4. The Kier molecular flexibility index (Phi) is 9.06. The first-order valence-electron chi connectivity index (χ1n) is 13.5. The lowest BCUT2D eigenvalue weighted by molar-refractivity contribution is 0.271. The summed E-state index contributed by atoms with van der Waals surface area (Å²) in [5.74, 6) is 1.97. The molecule has 5 rings (SSSR count). The first-order chi connectivity index (χ1) is 20.4. The fourth-order valence-electron chi connectivity index (χ4n) is 5.01. The van der Waals surface area contributed by atoms with E-state index in [1.165, 1.54) is 20.5 Å². The van der Waals surface area contributed by atoms with Crippen molar-refractivity contribution in [3.63, 3.8) is 0 Å². The number of rotatable bonds is 9. The van der Waals surface area contributed by atoms with Crippen LogP contribution in [0.2, 0.25) is 10.0 Å². The van der Waals surface area contributed by atoms with Crippen molar-refractivity contribution in [2.45, 2.75) is 6.92 Å². The standard InChI is InChI=1S/C30H33Cl2N7O3/c1-5-38-9-11-39(12-10-38)23-15-24(40-2)19(13-20(23)33)22-14-21(35-17-36-22)18-7-6-8-34-30(18)37-29-27(31)25(41-3)16-26(42-4)28(29)32/h6-8,13-17H,5,9-12,33H2,1-4H3,(H,34,37). The van der Waals surface area contributed by atoms with E-state index in [-0.39, 0.29) is 0 Å². The lowest BCUT2D eigenvalue weighted by Crippen LogP contribution is -2.46. The summed E-state index contributed by atoms with van der Waals surface area (Å²) in [6.07, 6.45) is 3.17. The van der Waals surface area contributed by atoms with Gasteiger partial charge >= 0.3 is 0 Å². The van der Waals surface area contributed by atoms with Gasteiger partial charge in [0.05, 0.1) is 49.8 Å². The predicted octanol–water partition coefficient (Wildman–Crippen LogP) is 6.01. The molecule has 1 saturated heterocycles. The first-order valence-corrected chi connectivity index (χ1v) is 14.2. The van der Waals surface area contributed by atoms with Crippen LogP contribution in [-0.4, -0.2) is 73.9 Å². The highest BCUT2D eigenvalue weighted by Crippen LogP contribution is 2.46. The number of hydrogen-bond donors (Lipinski definition) is 2. The van der Waals surface area contributed by atoms with Gasteiger partial charge in [-0.15, -0.1) is 0 Å². The maximum absolute atomic E-state index is 6.62. The SMILES string of the molecule is CCN1CCN(c2cc(OC)c(-c3cc(-c4cccnc4Nc4c(Cl)c(OC)cc(OC)c4Cl)ncn3)cc2N)CC1. The minimum atomic E-state index is 0.291. The van der Waals surface area contributed by atoms with Crippen LogP contribution in [0.5, 0.6) is 17.2 Å². The van der Waals surface area contributed by atoms with Crippen LogP contribution in [0.3, 0.4) is 0 Å². The molecule has 1 aliphatic heterocycles. The van der Waals surface area contributed by atoms with Crippen molar-refractivity contribution in [2.75, 3.05) is 70.0 Å². The third-order valence-corrected chi connectivity index (χ3v) is 8.10. The minimum Gasteiger partial charge on any atom is -0.496 e. The van der Waals surface area contributed by atoms with Gasteiger partial charge in [0.25, 0.3) is 0 Å². The third kappa shape index (κ3) is 5.83. The Morgan fingerprint density at radius 2 is 1.48 bits per heavy atom. The van der Waals surface area contributed by atoms with E-state index in [0.717, 1.165) is 44.0 Å². The van der Waals surface area contributed by atoms with Gasteiger partial charge in [-0.2, -0.15) is 0 Å². The quantitative estimate of drug-likeness (QED) is 0.219. The number of piperazine rings is 1. The average Bonchev–Trinajstić information content (AvgIpc) is 3.03. The van der Waals surface area contributed by atoms with Crippen LogP contribution in [0.1, 0.15) is 6.92 Å². The van der Waals surface area contributed by atoms with Crippen LogP contribution in [-0.2, 0) is 0 Å². The topological polar surface area (TPSA) is 111 Å². The number of nitrogens with two attached hydrogens (primary N) is 1. The maximum Gasteiger partial charge on any atom is 0.143 e. The van der Waals surface area contributed by atoms with Gasteiger partial charge in [-0.3, -0.25) is 0 Å². The molecule has 0 spiro atoms. The Labute approximate surface area is 255 Å². The number of benzene rings is 2. The molecule has 3 N–H and O–H groups in total. The lowest BCUT2D eigenvalue weighted by Gasteiger charge is -2.36. The van der Waals surface area contributed by atoms with Gasteiger partial charge in [0.15, 0.2) is 0 Å². The van der Waals surface area contributed by atoms with E-state index in [0.29, 0.717) is 61.4 Å². The first kappa shape index (κ1) is 29.5. The summed E-state index contributed by atoms with van der Waals surface area (Å²) >= 11 is 13.2. The lowest BCUT2D eigenvalue weighted by atomic mass is 10.0. The molecule has 3 heterocycles. The number of nitrogens with one attached hydrogen (secondary N) is 1. The summed E-state index contributed by atoms with van der Waals surface area (Å²) in [7, 11) is 4.69. The summed E-state index contributed by atoms with van der Waals surface area (Å²) in [4.78, 5) is 18.4. The zero-order valence-corrected chi connectivity index (χ0v) is 25.5. The van der Waals surface area contributed by atoms with Crippen LogP contribution in [0, 0.1) is 0 Å². The van der Waals surface area contributed by atoms with Crippen molar-refractivity contribution in [3.05, 3.63) is 59.0 Å². The van der Waals surface area contributed by atoms with Crippen LogP contribution in [0.4, 0.5) is 22.9 Å². The smallest absolute Gasteiger partial charge is 0.143 e. The number of nitrogens with zero attached hydrogens (tertiary/aromatic N) is 5. The molecular weight excluding hydrogens is 577 g/mol. The van der Waals surface area contributed by atoms with Crippen molar-refractivity contribution >= 4 is 46.1 Å². The third-order valence-electron chi connectivity index (χ3n) is 7.35. The second-order valence-corrected chi connectivity index (χ2v) is 10.4. The highest BCUT2D eigenvalue weighted by Gasteiger charge is 2.22. The average molecular weight is 611 g/mol. The van der Waals surface area contributed by atoms with E-state index in [1.807, 2.05) is 30.3 Å². The summed E-state index contributed by atoms with van der Waals surface area (Å²) in [6.45, 7) is 7.03. The highest BCUT2D eigenvalue weighted by atomic mass is 35.5. The van der Waals surface area contributed by atoms with Crippen LogP contribution in [0.15, 0.2) is 48.9 Å². The molecule has 1 fully saturated rings. The summed E-state index contributed by atoms with van der Waals surface area (Å²) in [6, 6.07) is 11.1. The molecule has 2 aromatic heterocycles. The number of hydrogen-bond acceptors (Lipinski definition) is 10. The zero-order chi connectivity index (χ0) is 29.8. The molecule has 42 heavy (non-hydrogen) atoms. The number of halogens is 2. The molecule has 0 amide bonds. The minimum absolute atomic E-state index is 0.291. The number of nitrogen functional groups attached to an aromatic ring is 1. The molecule has 10 nitrogen and oxygen atoms in total. The Morgan fingerprint density at radius 1 is 0.833 bits per heavy atom. The fourth-order valence-corrected chi connectivity index (χ4v) is 5.61. The van der Waals surface area contributed by atoms with Crippen LogP contribution >= 0.6 is 23.2 Å². The van der Waals surface area contributed by atoms with E-state index < -0.39 is 0 Å². The zero-order valence-electron chi connectivity index (χ0n) is 23.9. The highest BCUT2D eigenvalue weighted by molar-refractivity contribution is 6.41. The molecular formula is C30H33Cl2N7O3. The van der Waals surface area contributed by atoms with E-state index in [1.54, 1.807) is 19.4 Å². The van der Waals surface area contributed by atoms with Gasteiger partial charge in [-0.25, -0.2) is 15.0 Å². The molecule has 220 valence electrons. The van der Waals surface area contributed by atoms with Gasteiger partial charge < -0.3 is 35.1 Å². The molecule has 0 aliphatic carbocycles. The van der Waals surface area contributed by atoms with E-state index in [4.69, 9.17) is 43.1 Å². The second-order valence-electron chi connectivity index (χ2n) is 9.63. The number of pyridine rings is 1. The number of ether oxygens (including phenoxy) is 3. The Bertz CT molecular complexity index is 1550. The van der Waals surface area contributed by atoms with E-state index in [2.05, 4.69) is 37.0 Å². The number of anilines is 4. The Balaban J connectivity index is 1.51. The van der Waals surface area contributed by atoms with Crippen LogP contribution in [0.25, 0.3) is 22.5 Å².